The van der Waals surface area contributed by atoms with Crippen molar-refractivity contribution in [1.82, 2.24) is 4.57 Å². The van der Waals surface area contributed by atoms with Gasteiger partial charge in [0.2, 0.25) is 5.91 Å². The first-order valence-electron chi connectivity index (χ1n) is 13.8. The number of fused-ring (bicyclic) bond motifs is 5. The average Bonchev–Trinajstić information content (AvgIpc) is 3.45. The van der Waals surface area contributed by atoms with Crippen molar-refractivity contribution in [2.24, 2.45) is 4.99 Å². The first-order valence-corrected chi connectivity index (χ1v) is 14.6. The predicted octanol–water partition coefficient (Wildman–Crippen LogP) is 8.50. The van der Waals surface area contributed by atoms with Crippen LogP contribution in [0.2, 0.25) is 0 Å². The Bertz CT molecular complexity index is 1640. The fraction of sp³-hybridized carbons (Fsp3) is 0.303. The summed E-state index contributed by atoms with van der Waals surface area (Å²) in [5.41, 5.74) is 9.04. The van der Waals surface area contributed by atoms with Crippen molar-refractivity contribution in [3.05, 3.63) is 82.4 Å². The van der Waals surface area contributed by atoms with Crippen molar-refractivity contribution in [1.29, 1.82) is 0 Å². The van der Waals surface area contributed by atoms with E-state index in [2.05, 4.69) is 35.6 Å². The second-order valence-corrected chi connectivity index (χ2v) is 11.7. The first kappa shape index (κ1) is 27.6. The van der Waals surface area contributed by atoms with Crippen LogP contribution in [0.5, 0.6) is 0 Å². The van der Waals surface area contributed by atoms with E-state index in [1.165, 1.54) is 23.3 Å². The van der Waals surface area contributed by atoms with Gasteiger partial charge < -0.3 is 15.0 Å². The standard InChI is InChI=1S/C33H35N3O3S/c1-6-16-34-22(5)21(4)19(2)12-14-24-20(3)13-15-25-30(24)35-28(37)18-36-26-17-27(33(38)39)40-32(26)29(31(25)36)23-10-8-7-9-11-23/h6,12-17,23H,2,4,7-11,18H2,1,3,5H3,(H,35,37)(H,38,39)/b14-12-,16-6-,34-22?. The quantitative estimate of drug-likeness (QED) is 0.227. The number of amides is 1. The number of thiophene rings is 1. The highest BCUT2D eigenvalue weighted by molar-refractivity contribution is 7.21. The van der Waals surface area contributed by atoms with E-state index in [-0.39, 0.29) is 12.5 Å². The fourth-order valence-electron chi connectivity index (χ4n) is 5.85. The Hall–Kier alpha value is -3.97. The van der Waals surface area contributed by atoms with Crippen molar-refractivity contribution < 1.29 is 14.7 Å². The van der Waals surface area contributed by atoms with Crippen LogP contribution in [-0.2, 0) is 11.3 Å². The smallest absolute Gasteiger partial charge is 0.345 e. The molecule has 1 fully saturated rings. The van der Waals surface area contributed by atoms with E-state index >= 15 is 0 Å². The van der Waals surface area contributed by atoms with Crippen molar-refractivity contribution in [2.75, 3.05) is 5.32 Å². The first-order chi connectivity index (χ1) is 19.2. The maximum atomic E-state index is 13.4. The Morgan fingerprint density at radius 3 is 2.67 bits per heavy atom. The van der Waals surface area contributed by atoms with Crippen molar-refractivity contribution in [3.63, 3.8) is 0 Å². The lowest BCUT2D eigenvalue weighted by Crippen LogP contribution is -2.17. The van der Waals surface area contributed by atoms with E-state index in [0.29, 0.717) is 10.8 Å². The summed E-state index contributed by atoms with van der Waals surface area (Å²) >= 11 is 1.33. The summed E-state index contributed by atoms with van der Waals surface area (Å²) in [6.07, 6.45) is 13.2. The highest BCUT2D eigenvalue weighted by atomic mass is 32.1. The molecule has 3 heterocycles. The summed E-state index contributed by atoms with van der Waals surface area (Å²) in [7, 11) is 0. The van der Waals surface area contributed by atoms with E-state index in [9.17, 15) is 14.7 Å². The van der Waals surface area contributed by atoms with Gasteiger partial charge in [0.15, 0.2) is 0 Å². The Kier molecular flexibility index (Phi) is 7.76. The SMILES string of the molecule is C=C(/C=C\c1c(C)ccc2c1NC(=O)Cn1c-2c(C2CCCCC2)c2sc(C(=O)O)cc21)C(=C)C(C)=N/C=C\C. The van der Waals surface area contributed by atoms with Gasteiger partial charge in [0, 0.05) is 23.0 Å². The minimum atomic E-state index is -0.931. The monoisotopic (exact) mass is 553 g/mol. The number of aliphatic imine (C=N–C) groups is 1. The minimum absolute atomic E-state index is 0.131. The van der Waals surface area contributed by atoms with Crippen LogP contribution < -0.4 is 5.32 Å². The van der Waals surface area contributed by atoms with Gasteiger partial charge in [0.05, 0.1) is 21.6 Å². The molecule has 2 aromatic heterocycles. The number of carboxylic acid groups (broad SMARTS) is 1. The van der Waals surface area contributed by atoms with E-state index in [4.69, 9.17) is 0 Å². The largest absolute Gasteiger partial charge is 0.477 e. The lowest BCUT2D eigenvalue weighted by atomic mass is 9.82. The Morgan fingerprint density at radius 1 is 1.23 bits per heavy atom. The number of allylic oxidation sites excluding steroid dienone is 4. The number of benzene rings is 1. The maximum absolute atomic E-state index is 13.4. The third kappa shape index (κ3) is 5.02. The molecular weight excluding hydrogens is 518 g/mol. The zero-order valence-electron chi connectivity index (χ0n) is 23.3. The zero-order valence-corrected chi connectivity index (χ0v) is 24.2. The van der Waals surface area contributed by atoms with Gasteiger partial charge in [0.1, 0.15) is 11.4 Å². The highest BCUT2D eigenvalue weighted by Gasteiger charge is 2.32. The van der Waals surface area contributed by atoms with Crippen molar-refractivity contribution in [3.8, 4) is 11.3 Å². The summed E-state index contributed by atoms with van der Waals surface area (Å²) < 4.78 is 3.03. The van der Waals surface area contributed by atoms with Gasteiger partial charge in [0.25, 0.3) is 0 Å². The number of carboxylic acids is 1. The molecule has 1 saturated carbocycles. The number of hydrogen-bond donors (Lipinski definition) is 2. The van der Waals surface area contributed by atoms with Gasteiger partial charge in [-0.25, -0.2) is 4.79 Å². The van der Waals surface area contributed by atoms with E-state index in [0.717, 1.165) is 80.8 Å². The minimum Gasteiger partial charge on any atom is -0.477 e. The molecule has 0 saturated heterocycles. The van der Waals surface area contributed by atoms with Gasteiger partial charge in [-0.15, -0.1) is 11.3 Å². The van der Waals surface area contributed by atoms with Gasteiger partial charge >= 0.3 is 5.97 Å². The van der Waals surface area contributed by atoms with Crippen LogP contribution in [0.1, 0.15) is 78.2 Å². The number of aromatic carboxylic acids is 1. The highest BCUT2D eigenvalue weighted by Crippen LogP contribution is 2.49. The molecule has 2 aliphatic rings. The Balaban J connectivity index is 1.68. The van der Waals surface area contributed by atoms with Crippen LogP contribution in [0.4, 0.5) is 5.69 Å². The Labute approximate surface area is 239 Å². The zero-order chi connectivity index (χ0) is 28.6. The molecular formula is C33H35N3O3S. The van der Waals surface area contributed by atoms with Crippen LogP contribution >= 0.6 is 11.3 Å². The second-order valence-electron chi connectivity index (χ2n) is 10.6. The molecule has 0 bridgehead atoms. The lowest BCUT2D eigenvalue weighted by molar-refractivity contribution is -0.116. The molecule has 1 aliphatic carbocycles. The number of aromatic nitrogens is 1. The van der Waals surface area contributed by atoms with Crippen LogP contribution in [0.3, 0.4) is 0 Å². The van der Waals surface area contributed by atoms with Gasteiger partial charge in [-0.05, 0) is 67.9 Å². The molecule has 40 heavy (non-hydrogen) atoms. The predicted molar refractivity (Wildman–Crippen MR) is 167 cm³/mol. The fourth-order valence-corrected chi connectivity index (χ4v) is 6.98. The number of carbonyl (C=O) groups is 2. The topological polar surface area (TPSA) is 83.7 Å². The summed E-state index contributed by atoms with van der Waals surface area (Å²) in [5, 5.41) is 12.9. The molecule has 1 aliphatic heterocycles. The molecule has 2 N–H and O–H groups in total. The van der Waals surface area contributed by atoms with E-state index in [1.54, 1.807) is 12.3 Å². The van der Waals surface area contributed by atoms with Crippen molar-refractivity contribution in [2.45, 2.75) is 65.3 Å². The molecule has 0 radical (unpaired) electrons. The molecule has 1 amide bonds. The number of aryl methyl sites for hydroxylation is 1. The van der Waals surface area contributed by atoms with E-state index in [1.807, 2.05) is 43.6 Å². The molecule has 1 aromatic carbocycles. The Morgan fingerprint density at radius 2 is 1.98 bits per heavy atom. The molecule has 5 rings (SSSR count). The number of anilines is 1. The van der Waals surface area contributed by atoms with Gasteiger partial charge in [-0.1, -0.05) is 62.8 Å². The number of nitrogens with zero attached hydrogens (tertiary/aromatic N) is 2. The summed E-state index contributed by atoms with van der Waals surface area (Å²) in [6.45, 7) is 14.3. The normalized spacial score (nSPS) is 16.3. The van der Waals surface area contributed by atoms with Crippen LogP contribution in [0.15, 0.2) is 65.8 Å². The molecule has 0 spiro atoms. The third-order valence-corrected chi connectivity index (χ3v) is 9.12. The van der Waals surface area contributed by atoms with Crippen LogP contribution in [-0.4, -0.2) is 27.3 Å². The van der Waals surface area contributed by atoms with Crippen LogP contribution in [0.25, 0.3) is 27.6 Å². The number of nitrogens with one attached hydrogen (secondary N) is 1. The second kappa shape index (κ2) is 11.3. The molecule has 0 unspecified atom stereocenters. The number of rotatable bonds is 7. The third-order valence-electron chi connectivity index (χ3n) is 7.97. The maximum Gasteiger partial charge on any atom is 0.345 e. The molecule has 206 valence electrons. The lowest BCUT2D eigenvalue weighted by Gasteiger charge is -2.24. The van der Waals surface area contributed by atoms with E-state index < -0.39 is 5.97 Å². The number of carbonyl (C=O) groups excluding carboxylic acids is 1. The summed E-state index contributed by atoms with van der Waals surface area (Å²) in [4.78, 5) is 29.9. The molecule has 7 heteroatoms. The summed E-state index contributed by atoms with van der Waals surface area (Å²) in [6, 6.07) is 5.92. The van der Waals surface area contributed by atoms with Gasteiger partial charge in [-0.2, -0.15) is 0 Å². The molecule has 0 atom stereocenters. The average molecular weight is 554 g/mol. The summed E-state index contributed by atoms with van der Waals surface area (Å²) in [5.74, 6) is -0.732. The molecule has 6 nitrogen and oxygen atoms in total. The van der Waals surface area contributed by atoms with Crippen LogP contribution in [0, 0.1) is 6.92 Å². The van der Waals surface area contributed by atoms with Crippen molar-refractivity contribution >= 4 is 50.9 Å². The molecule has 3 aromatic rings. The number of hydrogen-bond acceptors (Lipinski definition) is 4. The van der Waals surface area contributed by atoms with Gasteiger partial charge in [-0.3, -0.25) is 9.79 Å².